The number of hydrogen-bond donors (Lipinski definition) is 2. The van der Waals surface area contributed by atoms with Crippen molar-refractivity contribution >= 4 is 29.3 Å². The highest BCUT2D eigenvalue weighted by Crippen LogP contribution is 2.09. The molecule has 6 heteroatoms. The van der Waals surface area contributed by atoms with Crippen molar-refractivity contribution in [2.24, 2.45) is 5.92 Å². The van der Waals surface area contributed by atoms with Gasteiger partial charge in [-0.3, -0.25) is 9.59 Å². The van der Waals surface area contributed by atoms with Gasteiger partial charge in [0.1, 0.15) is 5.82 Å². The van der Waals surface area contributed by atoms with E-state index < -0.39 is 0 Å². The van der Waals surface area contributed by atoms with Crippen molar-refractivity contribution in [2.75, 3.05) is 23.4 Å². The van der Waals surface area contributed by atoms with Crippen molar-refractivity contribution in [1.82, 2.24) is 5.32 Å². The van der Waals surface area contributed by atoms with E-state index in [4.69, 9.17) is 0 Å². The lowest BCUT2D eigenvalue weighted by atomic mass is 10.1. The summed E-state index contributed by atoms with van der Waals surface area (Å²) >= 11 is 1.25. The van der Waals surface area contributed by atoms with E-state index in [1.54, 1.807) is 0 Å². The first-order chi connectivity index (χ1) is 9.97. The second-order valence-electron chi connectivity index (χ2n) is 5.08. The maximum atomic E-state index is 12.7. The molecule has 0 heterocycles. The van der Waals surface area contributed by atoms with E-state index in [0.29, 0.717) is 18.2 Å². The lowest BCUT2D eigenvalue weighted by Gasteiger charge is -2.07. The zero-order chi connectivity index (χ0) is 15.7. The zero-order valence-electron chi connectivity index (χ0n) is 12.3. The number of amides is 2. The van der Waals surface area contributed by atoms with E-state index in [2.05, 4.69) is 24.5 Å². The van der Waals surface area contributed by atoms with E-state index in [-0.39, 0.29) is 29.1 Å². The number of nitrogens with one attached hydrogen (secondary N) is 2. The van der Waals surface area contributed by atoms with Crippen molar-refractivity contribution < 1.29 is 14.0 Å². The molecule has 21 heavy (non-hydrogen) atoms. The molecule has 1 aromatic carbocycles. The Morgan fingerprint density at radius 1 is 1.14 bits per heavy atom. The topological polar surface area (TPSA) is 58.2 Å². The summed E-state index contributed by atoms with van der Waals surface area (Å²) in [6.45, 7) is 4.86. The molecule has 0 saturated carbocycles. The zero-order valence-corrected chi connectivity index (χ0v) is 13.1. The summed E-state index contributed by atoms with van der Waals surface area (Å²) in [5.74, 6) is 0.390. The quantitative estimate of drug-likeness (QED) is 0.776. The fraction of sp³-hybridized carbons (Fsp3) is 0.467. The summed E-state index contributed by atoms with van der Waals surface area (Å²) in [6.07, 6.45) is 0.946. The van der Waals surface area contributed by atoms with Gasteiger partial charge in [0, 0.05) is 12.2 Å². The van der Waals surface area contributed by atoms with E-state index in [1.165, 1.54) is 36.0 Å². The molecule has 0 aromatic heterocycles. The Bertz CT molecular complexity index is 463. The molecule has 0 saturated heterocycles. The number of hydrogen-bond acceptors (Lipinski definition) is 3. The molecule has 2 amide bonds. The van der Waals surface area contributed by atoms with Crippen LogP contribution in [-0.2, 0) is 9.59 Å². The van der Waals surface area contributed by atoms with Crippen LogP contribution in [0.5, 0.6) is 0 Å². The molecule has 0 aliphatic carbocycles. The summed E-state index contributed by atoms with van der Waals surface area (Å²) in [5, 5.41) is 5.45. The normalized spacial score (nSPS) is 10.5. The number of anilines is 1. The fourth-order valence-corrected chi connectivity index (χ4v) is 2.17. The van der Waals surface area contributed by atoms with Crippen LogP contribution >= 0.6 is 11.8 Å². The molecule has 0 aliphatic heterocycles. The second-order valence-corrected chi connectivity index (χ2v) is 6.07. The number of halogens is 1. The first kappa shape index (κ1) is 17.5. The van der Waals surface area contributed by atoms with Gasteiger partial charge < -0.3 is 10.6 Å². The Hall–Kier alpha value is -1.56. The van der Waals surface area contributed by atoms with Gasteiger partial charge in [0.2, 0.25) is 11.8 Å². The number of carbonyl (C=O) groups excluding carboxylic acids is 2. The predicted molar refractivity (Wildman–Crippen MR) is 84.8 cm³/mol. The molecular formula is C15H21FN2O2S. The van der Waals surface area contributed by atoms with Crippen molar-refractivity contribution in [3.8, 4) is 0 Å². The van der Waals surface area contributed by atoms with E-state index in [1.807, 2.05) is 0 Å². The molecule has 2 N–H and O–H groups in total. The Morgan fingerprint density at radius 2 is 1.76 bits per heavy atom. The molecule has 1 rings (SSSR count). The van der Waals surface area contributed by atoms with Crippen LogP contribution in [0.1, 0.15) is 20.3 Å². The maximum absolute atomic E-state index is 12.7. The third-order valence-electron chi connectivity index (χ3n) is 2.64. The van der Waals surface area contributed by atoms with Crippen LogP contribution in [0.4, 0.5) is 10.1 Å². The summed E-state index contributed by atoms with van der Waals surface area (Å²) in [4.78, 5) is 23.1. The van der Waals surface area contributed by atoms with E-state index in [9.17, 15) is 14.0 Å². The smallest absolute Gasteiger partial charge is 0.234 e. The van der Waals surface area contributed by atoms with E-state index >= 15 is 0 Å². The summed E-state index contributed by atoms with van der Waals surface area (Å²) in [6, 6.07) is 5.56. The van der Waals surface area contributed by atoms with Gasteiger partial charge >= 0.3 is 0 Å². The molecule has 0 atom stereocenters. The van der Waals surface area contributed by atoms with Gasteiger partial charge in [0.05, 0.1) is 11.5 Å². The molecule has 0 spiro atoms. The van der Waals surface area contributed by atoms with Crippen LogP contribution in [0.2, 0.25) is 0 Å². The van der Waals surface area contributed by atoms with Crippen molar-refractivity contribution in [3.05, 3.63) is 30.1 Å². The highest BCUT2D eigenvalue weighted by Gasteiger charge is 2.06. The number of carbonyl (C=O) groups is 2. The van der Waals surface area contributed by atoms with Crippen LogP contribution in [-0.4, -0.2) is 29.9 Å². The summed E-state index contributed by atoms with van der Waals surface area (Å²) in [5.41, 5.74) is 0.545. The molecule has 1 aromatic rings. The SMILES string of the molecule is CC(C)CCNC(=O)CSCC(=O)Nc1ccc(F)cc1. The van der Waals surface area contributed by atoms with Gasteiger partial charge in [-0.05, 0) is 36.6 Å². The molecule has 4 nitrogen and oxygen atoms in total. The fourth-order valence-electron chi connectivity index (χ4n) is 1.52. The third kappa shape index (κ3) is 8.34. The third-order valence-corrected chi connectivity index (χ3v) is 3.57. The van der Waals surface area contributed by atoms with Gasteiger partial charge in [-0.1, -0.05) is 13.8 Å². The Balaban J connectivity index is 2.15. The average Bonchev–Trinajstić information content (AvgIpc) is 2.41. The van der Waals surface area contributed by atoms with Crippen LogP contribution in [0.25, 0.3) is 0 Å². The number of thioether (sulfide) groups is 1. The molecule has 0 radical (unpaired) electrons. The maximum Gasteiger partial charge on any atom is 0.234 e. The molecular weight excluding hydrogens is 291 g/mol. The average molecular weight is 312 g/mol. The molecule has 0 bridgehead atoms. The minimum Gasteiger partial charge on any atom is -0.355 e. The van der Waals surface area contributed by atoms with Gasteiger partial charge in [0.25, 0.3) is 0 Å². The van der Waals surface area contributed by atoms with Crippen molar-refractivity contribution in [2.45, 2.75) is 20.3 Å². The lowest BCUT2D eigenvalue weighted by Crippen LogP contribution is -2.27. The standard InChI is InChI=1S/C15H21FN2O2S/c1-11(2)7-8-17-14(19)9-21-10-15(20)18-13-5-3-12(16)4-6-13/h3-6,11H,7-10H2,1-2H3,(H,17,19)(H,18,20). The van der Waals surface area contributed by atoms with Gasteiger partial charge in [-0.15, -0.1) is 11.8 Å². The molecule has 0 unspecified atom stereocenters. The molecule has 0 fully saturated rings. The Kier molecular flexibility index (Phi) is 7.82. The minimum atomic E-state index is -0.347. The summed E-state index contributed by atoms with van der Waals surface area (Å²) < 4.78 is 12.7. The monoisotopic (exact) mass is 312 g/mol. The van der Waals surface area contributed by atoms with Gasteiger partial charge in [0.15, 0.2) is 0 Å². The Labute approximate surface area is 128 Å². The first-order valence-electron chi connectivity index (χ1n) is 6.87. The van der Waals surface area contributed by atoms with Crippen molar-refractivity contribution in [1.29, 1.82) is 0 Å². The number of rotatable bonds is 8. The predicted octanol–water partition coefficient (Wildman–Crippen LogP) is 2.66. The van der Waals surface area contributed by atoms with E-state index in [0.717, 1.165) is 6.42 Å². The van der Waals surface area contributed by atoms with Gasteiger partial charge in [-0.25, -0.2) is 4.39 Å². The largest absolute Gasteiger partial charge is 0.355 e. The minimum absolute atomic E-state index is 0.0600. The molecule has 0 aliphatic rings. The highest BCUT2D eigenvalue weighted by atomic mass is 32.2. The van der Waals surface area contributed by atoms with Crippen LogP contribution in [0, 0.1) is 11.7 Å². The number of benzene rings is 1. The van der Waals surface area contributed by atoms with Crippen molar-refractivity contribution in [3.63, 3.8) is 0 Å². The van der Waals surface area contributed by atoms with Crippen LogP contribution in [0.3, 0.4) is 0 Å². The molecule has 116 valence electrons. The summed E-state index contributed by atoms with van der Waals surface area (Å²) in [7, 11) is 0. The van der Waals surface area contributed by atoms with Crippen LogP contribution in [0.15, 0.2) is 24.3 Å². The Morgan fingerprint density at radius 3 is 2.38 bits per heavy atom. The lowest BCUT2D eigenvalue weighted by molar-refractivity contribution is -0.118. The highest BCUT2D eigenvalue weighted by molar-refractivity contribution is 8.00. The second kappa shape index (κ2) is 9.39. The first-order valence-corrected chi connectivity index (χ1v) is 8.02. The van der Waals surface area contributed by atoms with Crippen LogP contribution < -0.4 is 10.6 Å². The van der Waals surface area contributed by atoms with Gasteiger partial charge in [-0.2, -0.15) is 0 Å².